The van der Waals surface area contributed by atoms with Crippen molar-refractivity contribution in [2.75, 3.05) is 0 Å². The van der Waals surface area contributed by atoms with Crippen molar-refractivity contribution in [1.29, 1.82) is 0 Å². The van der Waals surface area contributed by atoms with Gasteiger partial charge in [0.1, 0.15) is 0 Å². The first-order valence-corrected chi connectivity index (χ1v) is 8.43. The molecule has 1 aliphatic heterocycles. The molecule has 0 aromatic heterocycles. The highest BCUT2D eigenvalue weighted by molar-refractivity contribution is 6.73. The Morgan fingerprint density at radius 1 is 1.15 bits per heavy atom. The molecule has 0 aromatic rings. The van der Waals surface area contributed by atoms with Crippen molar-refractivity contribution < 1.29 is 4.43 Å². The predicted octanol–water partition coefficient (Wildman–Crippen LogP) is 3.95. The molecular weight excluding hydrogens is 176 g/mol. The minimum absolute atomic E-state index is 0.504. The summed E-state index contributed by atoms with van der Waals surface area (Å²) >= 11 is 0. The Bertz CT molecular complexity index is 141. The summed E-state index contributed by atoms with van der Waals surface area (Å²) in [6, 6.07) is 4.18. The largest absolute Gasteiger partial charge is 0.414 e. The van der Waals surface area contributed by atoms with Gasteiger partial charge < -0.3 is 4.43 Å². The van der Waals surface area contributed by atoms with Crippen LogP contribution in [0.5, 0.6) is 0 Å². The minimum Gasteiger partial charge on any atom is -0.414 e. The molecule has 0 aromatic carbocycles. The Hall–Kier alpha value is 0.177. The first-order valence-electron chi connectivity index (χ1n) is 5.90. The molecule has 0 aliphatic carbocycles. The summed E-state index contributed by atoms with van der Waals surface area (Å²) in [6.07, 6.45) is 5.98. The average Bonchev–Trinajstić information content (AvgIpc) is 2.19. The highest BCUT2D eigenvalue weighted by atomic mass is 28.4. The van der Waals surface area contributed by atoms with Gasteiger partial charge in [0.15, 0.2) is 8.32 Å². The molecule has 1 atom stereocenters. The van der Waals surface area contributed by atoms with E-state index in [4.69, 9.17) is 4.43 Å². The quantitative estimate of drug-likeness (QED) is 0.624. The van der Waals surface area contributed by atoms with Crippen LogP contribution in [0.2, 0.25) is 18.1 Å². The smallest absolute Gasteiger partial charge is 0.192 e. The van der Waals surface area contributed by atoms with Crippen LogP contribution in [0, 0.1) is 0 Å². The number of rotatable bonds is 4. The van der Waals surface area contributed by atoms with Crippen LogP contribution in [0.1, 0.15) is 46.5 Å². The lowest BCUT2D eigenvalue weighted by atomic mass is 10.3. The molecule has 2 heteroatoms. The van der Waals surface area contributed by atoms with Crippen LogP contribution in [0.25, 0.3) is 0 Å². The highest BCUT2D eigenvalue weighted by Gasteiger charge is 2.35. The third-order valence-electron chi connectivity index (χ3n) is 3.44. The standard InChI is InChI=1S/C11H24OSi/c1-4-11(3)12-13(5-2)9-7-6-8-10-13/h11H,4-10H2,1-3H3. The molecule has 0 saturated carbocycles. The van der Waals surface area contributed by atoms with Crippen LogP contribution in [-0.2, 0) is 4.43 Å². The van der Waals surface area contributed by atoms with Crippen molar-refractivity contribution in [2.24, 2.45) is 0 Å². The number of hydrogen-bond donors (Lipinski definition) is 0. The summed E-state index contributed by atoms with van der Waals surface area (Å²) in [6.45, 7) is 6.80. The summed E-state index contributed by atoms with van der Waals surface area (Å²) in [4.78, 5) is 0. The van der Waals surface area contributed by atoms with Gasteiger partial charge in [0.05, 0.1) is 0 Å². The van der Waals surface area contributed by atoms with Crippen molar-refractivity contribution in [3.8, 4) is 0 Å². The fraction of sp³-hybridized carbons (Fsp3) is 1.00. The second-order valence-electron chi connectivity index (χ2n) is 4.43. The zero-order chi connectivity index (χ0) is 9.73. The first-order chi connectivity index (χ1) is 6.22. The van der Waals surface area contributed by atoms with Gasteiger partial charge in [-0.25, -0.2) is 0 Å². The van der Waals surface area contributed by atoms with Gasteiger partial charge in [-0.1, -0.05) is 33.1 Å². The topological polar surface area (TPSA) is 9.23 Å². The lowest BCUT2D eigenvalue weighted by Crippen LogP contribution is -2.41. The van der Waals surface area contributed by atoms with E-state index in [1.54, 1.807) is 0 Å². The maximum Gasteiger partial charge on any atom is 0.192 e. The van der Waals surface area contributed by atoms with Crippen molar-refractivity contribution in [1.82, 2.24) is 0 Å². The molecule has 1 unspecified atom stereocenters. The molecule has 1 nitrogen and oxygen atoms in total. The van der Waals surface area contributed by atoms with Gasteiger partial charge in [-0.3, -0.25) is 0 Å². The van der Waals surface area contributed by atoms with E-state index in [0.29, 0.717) is 6.10 Å². The predicted molar refractivity (Wildman–Crippen MR) is 60.5 cm³/mol. The SMILES string of the molecule is CCC(C)O[Si]1(CC)CCCCC1. The van der Waals surface area contributed by atoms with E-state index in [2.05, 4.69) is 20.8 Å². The Morgan fingerprint density at radius 2 is 1.77 bits per heavy atom. The lowest BCUT2D eigenvalue weighted by Gasteiger charge is -2.36. The molecule has 1 fully saturated rings. The molecule has 78 valence electrons. The maximum absolute atomic E-state index is 6.32. The molecule has 13 heavy (non-hydrogen) atoms. The van der Waals surface area contributed by atoms with E-state index < -0.39 is 8.32 Å². The van der Waals surface area contributed by atoms with Crippen molar-refractivity contribution in [2.45, 2.75) is 70.7 Å². The summed E-state index contributed by atoms with van der Waals surface area (Å²) in [7, 11) is -1.24. The minimum atomic E-state index is -1.24. The Kier molecular flexibility index (Phi) is 4.46. The van der Waals surface area contributed by atoms with Gasteiger partial charge in [0, 0.05) is 6.10 Å². The van der Waals surface area contributed by atoms with Crippen LogP contribution in [-0.4, -0.2) is 14.4 Å². The number of hydrogen-bond acceptors (Lipinski definition) is 1. The van der Waals surface area contributed by atoms with Crippen LogP contribution >= 0.6 is 0 Å². The molecule has 0 bridgehead atoms. The zero-order valence-electron chi connectivity index (χ0n) is 9.44. The van der Waals surface area contributed by atoms with Crippen molar-refractivity contribution >= 4 is 8.32 Å². The Morgan fingerprint density at radius 3 is 2.23 bits per heavy atom. The van der Waals surface area contributed by atoms with E-state index >= 15 is 0 Å². The second kappa shape index (κ2) is 5.16. The van der Waals surface area contributed by atoms with Crippen LogP contribution in [0.4, 0.5) is 0 Å². The Balaban J connectivity index is 2.47. The van der Waals surface area contributed by atoms with Crippen LogP contribution < -0.4 is 0 Å². The first kappa shape index (κ1) is 11.3. The monoisotopic (exact) mass is 200 g/mol. The zero-order valence-corrected chi connectivity index (χ0v) is 10.4. The molecule has 1 saturated heterocycles. The average molecular weight is 200 g/mol. The molecule has 0 radical (unpaired) electrons. The van der Waals surface area contributed by atoms with Gasteiger partial charge in [0.25, 0.3) is 0 Å². The van der Waals surface area contributed by atoms with Gasteiger partial charge in [0.2, 0.25) is 0 Å². The highest BCUT2D eigenvalue weighted by Crippen LogP contribution is 2.33. The third-order valence-corrected chi connectivity index (χ3v) is 8.16. The van der Waals surface area contributed by atoms with Crippen LogP contribution in [0.3, 0.4) is 0 Å². The molecular formula is C11H24OSi. The summed E-state index contributed by atoms with van der Waals surface area (Å²) in [5.74, 6) is 0. The van der Waals surface area contributed by atoms with Gasteiger partial charge >= 0.3 is 0 Å². The van der Waals surface area contributed by atoms with Crippen molar-refractivity contribution in [3.63, 3.8) is 0 Å². The van der Waals surface area contributed by atoms with Crippen molar-refractivity contribution in [3.05, 3.63) is 0 Å². The fourth-order valence-corrected chi connectivity index (χ4v) is 6.43. The lowest BCUT2D eigenvalue weighted by molar-refractivity contribution is 0.196. The van der Waals surface area contributed by atoms with E-state index in [9.17, 15) is 0 Å². The van der Waals surface area contributed by atoms with E-state index in [1.165, 1.54) is 43.8 Å². The second-order valence-corrected chi connectivity index (χ2v) is 8.74. The van der Waals surface area contributed by atoms with Gasteiger partial charge in [-0.15, -0.1) is 0 Å². The van der Waals surface area contributed by atoms with E-state index in [0.717, 1.165) is 0 Å². The van der Waals surface area contributed by atoms with Crippen LogP contribution in [0.15, 0.2) is 0 Å². The van der Waals surface area contributed by atoms with Gasteiger partial charge in [-0.05, 0) is 31.5 Å². The van der Waals surface area contributed by atoms with E-state index in [-0.39, 0.29) is 0 Å². The summed E-state index contributed by atoms with van der Waals surface area (Å²) < 4.78 is 6.32. The third kappa shape index (κ3) is 3.10. The van der Waals surface area contributed by atoms with E-state index in [1.807, 2.05) is 0 Å². The molecule has 0 N–H and O–H groups in total. The molecule has 0 spiro atoms. The Labute approximate surface area is 84.0 Å². The normalized spacial score (nSPS) is 24.2. The molecule has 0 amide bonds. The summed E-state index contributed by atoms with van der Waals surface area (Å²) in [5, 5.41) is 0. The molecule has 1 heterocycles. The summed E-state index contributed by atoms with van der Waals surface area (Å²) in [5.41, 5.74) is 0. The van der Waals surface area contributed by atoms with Gasteiger partial charge in [-0.2, -0.15) is 0 Å². The fourth-order valence-electron chi connectivity index (χ4n) is 2.26. The molecule has 1 aliphatic rings. The maximum atomic E-state index is 6.32. The molecule has 1 rings (SSSR count).